The molecule has 108 valence electrons. The third-order valence-corrected chi connectivity index (χ3v) is 2.38. The average molecular weight is 275 g/mol. The molecule has 1 aromatic carbocycles. The number of hydrogen-bond donors (Lipinski definition) is 1. The molecule has 0 aromatic heterocycles. The smallest absolute Gasteiger partial charge is 0.392 e. The van der Waals surface area contributed by atoms with E-state index in [-0.39, 0.29) is 12.1 Å². The van der Waals surface area contributed by atoms with Gasteiger partial charge in [0, 0.05) is 12.1 Å². The summed E-state index contributed by atoms with van der Waals surface area (Å²) in [5.74, 6) is 0.470. The van der Waals surface area contributed by atoms with Crippen molar-refractivity contribution in [2.24, 2.45) is 0 Å². The van der Waals surface area contributed by atoms with Crippen LogP contribution in [0.15, 0.2) is 24.3 Å². The Morgan fingerprint density at radius 2 is 1.84 bits per heavy atom. The van der Waals surface area contributed by atoms with Crippen LogP contribution >= 0.6 is 0 Å². The highest BCUT2D eigenvalue weighted by Gasteiger charge is 2.26. The minimum atomic E-state index is -4.18. The van der Waals surface area contributed by atoms with Crippen molar-refractivity contribution < 1.29 is 17.9 Å². The van der Waals surface area contributed by atoms with Crippen molar-refractivity contribution in [1.82, 2.24) is 5.32 Å². The Morgan fingerprint density at radius 1 is 1.16 bits per heavy atom. The molecule has 19 heavy (non-hydrogen) atoms. The number of rotatable bonds is 5. The summed E-state index contributed by atoms with van der Waals surface area (Å²) in [6.07, 6.45) is -5.11. The van der Waals surface area contributed by atoms with Gasteiger partial charge in [-0.2, -0.15) is 13.2 Å². The Bertz CT molecular complexity index is 396. The Hall–Kier alpha value is -1.23. The van der Waals surface area contributed by atoms with Gasteiger partial charge in [0.15, 0.2) is 0 Å². The average Bonchev–Trinajstić information content (AvgIpc) is 2.24. The number of alkyl halides is 3. The maximum absolute atomic E-state index is 12.0. The van der Waals surface area contributed by atoms with E-state index in [2.05, 4.69) is 26.1 Å². The third-order valence-electron chi connectivity index (χ3n) is 2.38. The first kappa shape index (κ1) is 15.8. The van der Waals surface area contributed by atoms with E-state index >= 15 is 0 Å². The van der Waals surface area contributed by atoms with Crippen molar-refractivity contribution >= 4 is 0 Å². The number of hydrogen-bond acceptors (Lipinski definition) is 2. The normalized spacial score (nSPS) is 12.5. The van der Waals surface area contributed by atoms with Gasteiger partial charge >= 0.3 is 6.18 Å². The summed E-state index contributed by atoms with van der Waals surface area (Å²) in [4.78, 5) is 0. The Labute approximate surface area is 112 Å². The van der Waals surface area contributed by atoms with E-state index in [1.165, 1.54) is 0 Å². The van der Waals surface area contributed by atoms with E-state index in [1.54, 1.807) is 18.2 Å². The molecule has 1 rings (SSSR count). The standard InChI is InChI=1S/C14H20F3NO/c1-13(2,3)18-10-11-5-4-6-12(9-11)19-8-7-14(15,16)17/h4-6,9,18H,7-8,10H2,1-3H3. The molecular weight excluding hydrogens is 255 g/mol. The van der Waals surface area contributed by atoms with Crippen LogP contribution in [0.5, 0.6) is 5.75 Å². The largest absolute Gasteiger partial charge is 0.493 e. The first-order valence-corrected chi connectivity index (χ1v) is 6.19. The van der Waals surface area contributed by atoms with Gasteiger partial charge < -0.3 is 10.1 Å². The zero-order valence-corrected chi connectivity index (χ0v) is 11.5. The topological polar surface area (TPSA) is 21.3 Å². The second kappa shape index (κ2) is 6.28. The Balaban J connectivity index is 2.48. The molecule has 0 amide bonds. The summed E-state index contributed by atoms with van der Waals surface area (Å²) in [6, 6.07) is 7.12. The minimum Gasteiger partial charge on any atom is -0.493 e. The monoisotopic (exact) mass is 275 g/mol. The molecule has 0 atom stereocenters. The van der Waals surface area contributed by atoms with Crippen molar-refractivity contribution in [1.29, 1.82) is 0 Å². The van der Waals surface area contributed by atoms with Gasteiger partial charge in [-0.15, -0.1) is 0 Å². The van der Waals surface area contributed by atoms with Crippen LogP contribution in [0.25, 0.3) is 0 Å². The summed E-state index contributed by atoms with van der Waals surface area (Å²) in [6.45, 7) is 6.46. The van der Waals surface area contributed by atoms with E-state index in [0.29, 0.717) is 12.3 Å². The van der Waals surface area contributed by atoms with Crippen LogP contribution in [0.2, 0.25) is 0 Å². The van der Waals surface area contributed by atoms with E-state index < -0.39 is 12.6 Å². The fourth-order valence-electron chi connectivity index (χ4n) is 1.40. The van der Waals surface area contributed by atoms with E-state index in [0.717, 1.165) is 5.56 Å². The quantitative estimate of drug-likeness (QED) is 0.879. The van der Waals surface area contributed by atoms with Crippen LogP contribution in [0.1, 0.15) is 32.8 Å². The highest BCUT2D eigenvalue weighted by atomic mass is 19.4. The molecule has 0 unspecified atom stereocenters. The summed E-state index contributed by atoms with van der Waals surface area (Å²) in [5.41, 5.74) is 0.979. The minimum absolute atomic E-state index is 0.00680. The summed E-state index contributed by atoms with van der Waals surface area (Å²) in [5, 5.41) is 3.31. The fraction of sp³-hybridized carbons (Fsp3) is 0.571. The van der Waals surface area contributed by atoms with Crippen LogP contribution in [-0.2, 0) is 6.54 Å². The van der Waals surface area contributed by atoms with Gasteiger partial charge in [-0.05, 0) is 38.5 Å². The lowest BCUT2D eigenvalue weighted by atomic mass is 10.1. The molecule has 0 spiro atoms. The van der Waals surface area contributed by atoms with Crippen molar-refractivity contribution in [2.75, 3.05) is 6.61 Å². The second-order valence-corrected chi connectivity index (χ2v) is 5.46. The number of halogens is 3. The highest BCUT2D eigenvalue weighted by molar-refractivity contribution is 5.28. The SMILES string of the molecule is CC(C)(C)NCc1cccc(OCCC(F)(F)F)c1. The molecule has 0 aliphatic carbocycles. The van der Waals surface area contributed by atoms with Crippen LogP contribution in [0.3, 0.4) is 0 Å². The predicted molar refractivity (Wildman–Crippen MR) is 69.2 cm³/mol. The van der Waals surface area contributed by atoms with Gasteiger partial charge in [0.1, 0.15) is 5.75 Å². The molecule has 0 radical (unpaired) electrons. The van der Waals surface area contributed by atoms with Crippen molar-refractivity contribution in [3.05, 3.63) is 29.8 Å². The molecular formula is C14H20F3NO. The maximum atomic E-state index is 12.0. The first-order chi connectivity index (χ1) is 8.66. The molecule has 1 N–H and O–H groups in total. The molecule has 0 saturated heterocycles. The number of nitrogens with one attached hydrogen (secondary N) is 1. The van der Waals surface area contributed by atoms with E-state index in [4.69, 9.17) is 4.74 Å². The maximum Gasteiger partial charge on any atom is 0.392 e. The van der Waals surface area contributed by atoms with Crippen LogP contribution in [0.4, 0.5) is 13.2 Å². The van der Waals surface area contributed by atoms with Crippen LogP contribution < -0.4 is 10.1 Å². The Kier molecular flexibility index (Phi) is 5.23. The van der Waals surface area contributed by atoms with Gasteiger partial charge in [0.25, 0.3) is 0 Å². The predicted octanol–water partition coefficient (Wildman–Crippen LogP) is 3.91. The first-order valence-electron chi connectivity index (χ1n) is 6.19. The fourth-order valence-corrected chi connectivity index (χ4v) is 1.40. The van der Waals surface area contributed by atoms with Crippen LogP contribution in [0, 0.1) is 0 Å². The van der Waals surface area contributed by atoms with Gasteiger partial charge in [0.2, 0.25) is 0 Å². The number of benzene rings is 1. The summed E-state index contributed by atoms with van der Waals surface area (Å²) in [7, 11) is 0. The Morgan fingerprint density at radius 3 is 2.42 bits per heavy atom. The van der Waals surface area contributed by atoms with Crippen molar-refractivity contribution in [3.8, 4) is 5.75 Å². The summed E-state index contributed by atoms with van der Waals surface area (Å²) >= 11 is 0. The zero-order valence-electron chi connectivity index (χ0n) is 11.5. The van der Waals surface area contributed by atoms with E-state index in [9.17, 15) is 13.2 Å². The molecule has 5 heteroatoms. The molecule has 0 fully saturated rings. The molecule has 2 nitrogen and oxygen atoms in total. The lowest BCUT2D eigenvalue weighted by molar-refractivity contribution is -0.139. The second-order valence-electron chi connectivity index (χ2n) is 5.46. The molecule has 0 aliphatic heterocycles. The van der Waals surface area contributed by atoms with E-state index in [1.807, 2.05) is 6.07 Å². The molecule has 1 aromatic rings. The van der Waals surface area contributed by atoms with Gasteiger partial charge in [0.05, 0.1) is 13.0 Å². The lowest BCUT2D eigenvalue weighted by Crippen LogP contribution is -2.35. The van der Waals surface area contributed by atoms with Crippen molar-refractivity contribution in [2.45, 2.75) is 45.5 Å². The zero-order chi connectivity index (χ0) is 14.5. The lowest BCUT2D eigenvalue weighted by Gasteiger charge is -2.20. The molecule has 0 bridgehead atoms. The highest BCUT2D eigenvalue weighted by Crippen LogP contribution is 2.21. The summed E-state index contributed by atoms with van der Waals surface area (Å²) < 4.78 is 41.1. The molecule has 0 saturated carbocycles. The van der Waals surface area contributed by atoms with Crippen molar-refractivity contribution in [3.63, 3.8) is 0 Å². The third kappa shape index (κ3) is 7.72. The molecule has 0 heterocycles. The van der Waals surface area contributed by atoms with Crippen LogP contribution in [-0.4, -0.2) is 18.3 Å². The van der Waals surface area contributed by atoms with Gasteiger partial charge in [-0.1, -0.05) is 12.1 Å². The van der Waals surface area contributed by atoms with Gasteiger partial charge in [-0.3, -0.25) is 0 Å². The molecule has 0 aliphatic rings. The number of ether oxygens (including phenoxy) is 1. The van der Waals surface area contributed by atoms with Gasteiger partial charge in [-0.25, -0.2) is 0 Å².